The summed E-state index contributed by atoms with van der Waals surface area (Å²) in [6.07, 6.45) is 2.32. The van der Waals surface area contributed by atoms with E-state index in [4.69, 9.17) is 0 Å². The Morgan fingerprint density at radius 2 is 2.15 bits per heavy atom. The third-order valence-electron chi connectivity index (χ3n) is 4.02. The van der Waals surface area contributed by atoms with Gasteiger partial charge >= 0.3 is 0 Å². The fourth-order valence-corrected chi connectivity index (χ4v) is 2.87. The van der Waals surface area contributed by atoms with E-state index in [1.807, 2.05) is 12.1 Å². The smallest absolute Gasteiger partial charge is 0.127 e. The number of hydrogen-bond acceptors (Lipinski definition) is 2. The van der Waals surface area contributed by atoms with Gasteiger partial charge in [0, 0.05) is 25.2 Å². The molecule has 112 valence electrons. The van der Waals surface area contributed by atoms with Crippen molar-refractivity contribution in [2.75, 3.05) is 19.6 Å². The number of likely N-dealkylation sites (tertiary alicyclic amines) is 1. The fraction of sp³-hybridized carbons (Fsp3) is 0.647. The lowest BCUT2D eigenvalue weighted by Gasteiger charge is -2.20. The van der Waals surface area contributed by atoms with Crippen LogP contribution in [0.1, 0.15) is 44.7 Å². The van der Waals surface area contributed by atoms with Crippen LogP contribution in [0.3, 0.4) is 0 Å². The Balaban J connectivity index is 1.98. The minimum absolute atomic E-state index is 0.0750. The van der Waals surface area contributed by atoms with Crippen molar-refractivity contribution in [1.29, 1.82) is 0 Å². The van der Waals surface area contributed by atoms with Crippen LogP contribution in [-0.2, 0) is 13.1 Å². The Morgan fingerprint density at radius 1 is 1.35 bits per heavy atom. The molecule has 2 nitrogen and oxygen atoms in total. The maximum Gasteiger partial charge on any atom is 0.127 e. The zero-order valence-corrected chi connectivity index (χ0v) is 13.0. The molecule has 0 radical (unpaired) electrons. The molecule has 0 atom stereocenters. The first-order valence-electron chi connectivity index (χ1n) is 7.70. The summed E-state index contributed by atoms with van der Waals surface area (Å²) in [5.41, 5.74) is 2.38. The van der Waals surface area contributed by atoms with Gasteiger partial charge in [-0.1, -0.05) is 32.9 Å². The van der Waals surface area contributed by atoms with Crippen molar-refractivity contribution in [3.63, 3.8) is 0 Å². The predicted molar refractivity (Wildman–Crippen MR) is 82.1 cm³/mol. The van der Waals surface area contributed by atoms with Crippen molar-refractivity contribution < 1.29 is 4.39 Å². The lowest BCUT2D eigenvalue weighted by atomic mass is 9.93. The molecule has 0 aliphatic carbocycles. The van der Waals surface area contributed by atoms with Crippen molar-refractivity contribution in [1.82, 2.24) is 10.2 Å². The molecule has 1 saturated heterocycles. The number of benzene rings is 1. The number of hydrogen-bond donors (Lipinski definition) is 1. The molecule has 0 amide bonds. The summed E-state index contributed by atoms with van der Waals surface area (Å²) in [7, 11) is 0. The van der Waals surface area contributed by atoms with Crippen molar-refractivity contribution in [3.05, 3.63) is 35.1 Å². The van der Waals surface area contributed by atoms with Gasteiger partial charge in [-0.15, -0.1) is 0 Å². The molecule has 1 heterocycles. The van der Waals surface area contributed by atoms with Crippen LogP contribution >= 0.6 is 0 Å². The van der Waals surface area contributed by atoms with Crippen molar-refractivity contribution >= 4 is 0 Å². The summed E-state index contributed by atoms with van der Waals surface area (Å²) in [6, 6.07) is 5.51. The highest BCUT2D eigenvalue weighted by Crippen LogP contribution is 2.30. The van der Waals surface area contributed by atoms with Gasteiger partial charge in [0.1, 0.15) is 5.82 Å². The van der Waals surface area contributed by atoms with Crippen LogP contribution in [0.2, 0.25) is 0 Å². The predicted octanol–water partition coefficient (Wildman–Crippen LogP) is 3.56. The van der Waals surface area contributed by atoms with E-state index in [1.165, 1.54) is 12.0 Å². The van der Waals surface area contributed by atoms with E-state index < -0.39 is 0 Å². The van der Waals surface area contributed by atoms with Crippen molar-refractivity contribution in [2.45, 2.75) is 46.7 Å². The highest BCUT2D eigenvalue weighted by molar-refractivity contribution is 5.25. The average molecular weight is 278 g/mol. The molecule has 1 aromatic rings. The van der Waals surface area contributed by atoms with E-state index in [-0.39, 0.29) is 5.82 Å². The molecule has 0 saturated carbocycles. The van der Waals surface area contributed by atoms with Gasteiger partial charge in [-0.25, -0.2) is 4.39 Å². The fourth-order valence-electron chi connectivity index (χ4n) is 2.87. The first-order chi connectivity index (χ1) is 9.50. The molecule has 1 aliphatic rings. The lowest BCUT2D eigenvalue weighted by Crippen LogP contribution is -2.23. The maximum absolute atomic E-state index is 14.0. The second-order valence-corrected chi connectivity index (χ2v) is 6.73. The number of rotatable bonds is 6. The quantitative estimate of drug-likeness (QED) is 0.800. The van der Waals surface area contributed by atoms with Gasteiger partial charge in [0.05, 0.1) is 0 Å². The molecular formula is C17H27FN2. The Kier molecular flexibility index (Phi) is 5.17. The lowest BCUT2D eigenvalue weighted by molar-refractivity contribution is 0.281. The van der Waals surface area contributed by atoms with E-state index >= 15 is 0 Å². The van der Waals surface area contributed by atoms with E-state index in [2.05, 4.69) is 31.0 Å². The van der Waals surface area contributed by atoms with Gasteiger partial charge in [0.2, 0.25) is 0 Å². The third-order valence-corrected chi connectivity index (χ3v) is 4.02. The Morgan fingerprint density at radius 3 is 2.80 bits per heavy atom. The topological polar surface area (TPSA) is 15.3 Å². The molecule has 1 fully saturated rings. The molecule has 1 aromatic carbocycles. The van der Waals surface area contributed by atoms with Gasteiger partial charge in [-0.2, -0.15) is 0 Å². The van der Waals surface area contributed by atoms with Crippen LogP contribution in [0.25, 0.3) is 0 Å². The van der Waals surface area contributed by atoms with Crippen LogP contribution in [-0.4, -0.2) is 24.5 Å². The molecule has 1 N–H and O–H groups in total. The Labute approximate surface area is 122 Å². The maximum atomic E-state index is 14.0. The summed E-state index contributed by atoms with van der Waals surface area (Å²) < 4.78 is 14.0. The molecule has 3 heteroatoms. The zero-order chi connectivity index (χ0) is 14.6. The van der Waals surface area contributed by atoms with Gasteiger partial charge in [-0.05, 0) is 43.0 Å². The minimum atomic E-state index is -0.0750. The molecule has 1 aliphatic heterocycles. The Bertz CT molecular complexity index is 443. The van der Waals surface area contributed by atoms with Crippen LogP contribution < -0.4 is 5.32 Å². The summed E-state index contributed by atoms with van der Waals surface area (Å²) in [5, 5.41) is 3.37. The highest BCUT2D eigenvalue weighted by Gasteiger charge is 2.29. The van der Waals surface area contributed by atoms with Crippen molar-refractivity contribution in [2.24, 2.45) is 5.41 Å². The van der Waals surface area contributed by atoms with E-state index in [0.29, 0.717) is 5.41 Å². The van der Waals surface area contributed by atoms with Gasteiger partial charge in [0.15, 0.2) is 0 Å². The molecule has 2 rings (SSSR count). The summed E-state index contributed by atoms with van der Waals surface area (Å²) >= 11 is 0. The monoisotopic (exact) mass is 278 g/mol. The normalized spacial score (nSPS) is 18.6. The van der Waals surface area contributed by atoms with E-state index in [9.17, 15) is 4.39 Å². The van der Waals surface area contributed by atoms with Gasteiger partial charge in [0.25, 0.3) is 0 Å². The molecule has 0 bridgehead atoms. The van der Waals surface area contributed by atoms with Crippen LogP contribution in [0.4, 0.5) is 4.39 Å². The molecule has 0 spiro atoms. The standard InChI is InChI=1S/C17H27FN2/c1-4-8-19-11-14-5-6-16(18)15(10-14)12-20-9-7-17(2,3)13-20/h5-6,10,19H,4,7-9,11-13H2,1-3H3. The van der Waals surface area contributed by atoms with Gasteiger partial charge < -0.3 is 5.32 Å². The summed E-state index contributed by atoms with van der Waals surface area (Å²) in [4.78, 5) is 2.36. The third kappa shape index (κ3) is 4.29. The van der Waals surface area contributed by atoms with Gasteiger partial charge in [-0.3, -0.25) is 4.90 Å². The Hall–Kier alpha value is -0.930. The first kappa shape index (κ1) is 15.5. The SMILES string of the molecule is CCCNCc1ccc(F)c(CN2CCC(C)(C)C2)c1. The molecular weight excluding hydrogens is 251 g/mol. The number of nitrogens with zero attached hydrogens (tertiary/aromatic N) is 1. The largest absolute Gasteiger partial charge is 0.313 e. The van der Waals surface area contributed by atoms with Crippen molar-refractivity contribution in [3.8, 4) is 0 Å². The van der Waals surface area contributed by atoms with Crippen LogP contribution in [0.5, 0.6) is 0 Å². The zero-order valence-electron chi connectivity index (χ0n) is 13.0. The molecule has 0 unspecified atom stereocenters. The average Bonchev–Trinajstić information content (AvgIpc) is 2.73. The molecule has 0 aromatic heterocycles. The highest BCUT2D eigenvalue weighted by atomic mass is 19.1. The number of nitrogens with one attached hydrogen (secondary N) is 1. The number of halogens is 1. The van der Waals surface area contributed by atoms with Crippen LogP contribution in [0, 0.1) is 11.2 Å². The van der Waals surface area contributed by atoms with Crippen LogP contribution in [0.15, 0.2) is 18.2 Å². The van der Waals surface area contributed by atoms with E-state index in [1.54, 1.807) is 6.07 Å². The minimum Gasteiger partial charge on any atom is -0.313 e. The first-order valence-corrected chi connectivity index (χ1v) is 7.70. The molecule has 20 heavy (non-hydrogen) atoms. The second-order valence-electron chi connectivity index (χ2n) is 6.73. The van der Waals surface area contributed by atoms with E-state index in [0.717, 1.165) is 44.7 Å². The summed E-state index contributed by atoms with van der Waals surface area (Å²) in [6.45, 7) is 11.4. The second kappa shape index (κ2) is 6.68. The summed E-state index contributed by atoms with van der Waals surface area (Å²) in [5.74, 6) is -0.0750.